The topological polar surface area (TPSA) is 131 Å². The molecule has 2 aromatic carbocycles. The van der Waals surface area contributed by atoms with Crippen LogP contribution in [-0.2, 0) is 19.6 Å². The molecule has 8 nitrogen and oxygen atoms in total. The van der Waals surface area contributed by atoms with Gasteiger partial charge in [0, 0.05) is 27.3 Å². The van der Waals surface area contributed by atoms with Crippen LogP contribution in [0.2, 0.25) is 0 Å². The number of carbonyl (C=O) groups is 2. The number of aromatic nitrogens is 1. The summed E-state index contributed by atoms with van der Waals surface area (Å²) in [6.45, 7) is -0.490. The molecule has 0 radical (unpaired) electrons. The van der Waals surface area contributed by atoms with Gasteiger partial charge in [0.25, 0.3) is 5.91 Å². The molecule has 0 fully saturated rings. The minimum atomic E-state index is -3.80. The number of rotatable bonds is 5. The fourth-order valence-corrected chi connectivity index (χ4v) is 3.27. The minimum Gasteiger partial charge on any atom is -0.452 e. The van der Waals surface area contributed by atoms with Crippen molar-refractivity contribution in [3.8, 4) is 0 Å². The van der Waals surface area contributed by atoms with Crippen molar-refractivity contribution in [1.82, 2.24) is 4.98 Å². The molecule has 1 heterocycles. The van der Waals surface area contributed by atoms with Crippen LogP contribution in [0.4, 0.5) is 5.69 Å². The average Bonchev–Trinajstić information content (AvgIpc) is 3.02. The number of primary sulfonamides is 1. The third-order valence-electron chi connectivity index (χ3n) is 3.66. The largest absolute Gasteiger partial charge is 0.452 e. The van der Waals surface area contributed by atoms with Crippen molar-refractivity contribution in [2.24, 2.45) is 5.14 Å². The van der Waals surface area contributed by atoms with E-state index in [0.717, 1.165) is 9.99 Å². The van der Waals surface area contributed by atoms with E-state index in [2.05, 4.69) is 26.2 Å². The highest BCUT2D eigenvalue weighted by Gasteiger charge is 2.15. The molecule has 10 heteroatoms. The summed E-state index contributed by atoms with van der Waals surface area (Å²) in [5.74, 6) is -1.20. The average molecular weight is 452 g/mol. The van der Waals surface area contributed by atoms with Crippen molar-refractivity contribution in [3.05, 3.63) is 58.7 Å². The number of hydrogen-bond acceptors (Lipinski definition) is 5. The number of nitrogens with one attached hydrogen (secondary N) is 2. The van der Waals surface area contributed by atoms with Gasteiger partial charge in [0.1, 0.15) is 0 Å². The summed E-state index contributed by atoms with van der Waals surface area (Å²) in [4.78, 5) is 27.1. The van der Waals surface area contributed by atoms with Crippen molar-refractivity contribution in [1.29, 1.82) is 0 Å². The van der Waals surface area contributed by atoms with Gasteiger partial charge in [-0.25, -0.2) is 18.4 Å². The lowest BCUT2D eigenvalue weighted by atomic mass is 10.2. The van der Waals surface area contributed by atoms with Gasteiger partial charge in [-0.2, -0.15) is 0 Å². The molecule has 0 bridgehead atoms. The van der Waals surface area contributed by atoms with Gasteiger partial charge in [-0.05, 0) is 42.5 Å². The molecular weight excluding hydrogens is 438 g/mol. The van der Waals surface area contributed by atoms with Crippen molar-refractivity contribution in [2.45, 2.75) is 4.90 Å². The van der Waals surface area contributed by atoms with Crippen LogP contribution < -0.4 is 10.5 Å². The van der Waals surface area contributed by atoms with Crippen LogP contribution in [-0.4, -0.2) is 31.9 Å². The maximum atomic E-state index is 12.2. The number of hydrogen-bond donors (Lipinski definition) is 3. The van der Waals surface area contributed by atoms with E-state index in [1.807, 2.05) is 12.1 Å². The number of amides is 1. The standard InChI is InChI=1S/C17H14BrN3O5S/c18-10-1-6-15-13(7-10)14(8-20-15)17(23)26-9-16(22)21-11-2-4-12(5-3-11)27(19,24)25/h1-8,20H,9H2,(H,21,22)(H2,19,24,25). The first-order valence-electron chi connectivity index (χ1n) is 7.60. The number of halogens is 1. The normalized spacial score (nSPS) is 11.3. The molecule has 3 rings (SSSR count). The second-order valence-corrected chi connectivity index (χ2v) is 8.06. The zero-order valence-electron chi connectivity index (χ0n) is 13.7. The molecule has 1 amide bonds. The Balaban J connectivity index is 1.61. The summed E-state index contributed by atoms with van der Waals surface area (Å²) in [5.41, 5.74) is 1.43. The molecule has 4 N–H and O–H groups in total. The van der Waals surface area contributed by atoms with E-state index in [9.17, 15) is 18.0 Å². The van der Waals surface area contributed by atoms with Crippen LogP contribution in [0.15, 0.2) is 58.0 Å². The van der Waals surface area contributed by atoms with Crippen molar-refractivity contribution >= 4 is 54.4 Å². The molecule has 27 heavy (non-hydrogen) atoms. The molecule has 0 saturated carbocycles. The second kappa shape index (κ2) is 7.51. The van der Waals surface area contributed by atoms with Gasteiger partial charge in [-0.1, -0.05) is 15.9 Å². The Morgan fingerprint density at radius 2 is 1.85 bits per heavy atom. The smallest absolute Gasteiger partial charge is 0.340 e. The number of anilines is 1. The molecular formula is C17H14BrN3O5S. The SMILES string of the molecule is NS(=O)(=O)c1ccc(NC(=O)COC(=O)c2c[nH]c3ccc(Br)cc23)cc1. The quantitative estimate of drug-likeness (QED) is 0.512. The van der Waals surface area contributed by atoms with E-state index in [1.165, 1.54) is 30.5 Å². The van der Waals surface area contributed by atoms with Gasteiger partial charge in [-0.15, -0.1) is 0 Å². The predicted molar refractivity (Wildman–Crippen MR) is 103 cm³/mol. The fraction of sp³-hybridized carbons (Fsp3) is 0.0588. The molecule has 0 aliphatic carbocycles. The first kappa shape index (κ1) is 19.1. The summed E-state index contributed by atoms with van der Waals surface area (Å²) in [6.07, 6.45) is 1.52. The number of H-pyrrole nitrogens is 1. The van der Waals surface area contributed by atoms with Gasteiger partial charge in [0.2, 0.25) is 10.0 Å². The lowest BCUT2D eigenvalue weighted by molar-refractivity contribution is -0.119. The summed E-state index contributed by atoms with van der Waals surface area (Å²) in [5, 5.41) is 8.18. The highest BCUT2D eigenvalue weighted by Crippen LogP contribution is 2.23. The maximum Gasteiger partial charge on any atom is 0.340 e. The monoisotopic (exact) mass is 451 g/mol. The lowest BCUT2D eigenvalue weighted by Crippen LogP contribution is -2.21. The number of aromatic amines is 1. The zero-order chi connectivity index (χ0) is 19.6. The zero-order valence-corrected chi connectivity index (χ0v) is 16.1. The van der Waals surface area contributed by atoms with Gasteiger partial charge in [-0.3, -0.25) is 4.79 Å². The highest BCUT2D eigenvalue weighted by molar-refractivity contribution is 9.10. The van der Waals surface area contributed by atoms with Gasteiger partial charge >= 0.3 is 5.97 Å². The third kappa shape index (κ3) is 4.54. The minimum absolute atomic E-state index is 0.0718. The Morgan fingerprint density at radius 3 is 2.52 bits per heavy atom. The number of carbonyl (C=O) groups excluding carboxylic acids is 2. The Bertz CT molecular complexity index is 1120. The molecule has 1 aromatic heterocycles. The van der Waals surface area contributed by atoms with Gasteiger partial charge in [0.15, 0.2) is 6.61 Å². The predicted octanol–water partition coefficient (Wildman–Crippen LogP) is 2.37. The summed E-state index contributed by atoms with van der Waals surface area (Å²) in [6, 6.07) is 10.7. The number of sulfonamides is 1. The van der Waals surface area contributed by atoms with Crippen LogP contribution >= 0.6 is 15.9 Å². The van der Waals surface area contributed by atoms with Gasteiger partial charge < -0.3 is 15.0 Å². The molecule has 0 aliphatic heterocycles. The van der Waals surface area contributed by atoms with E-state index < -0.39 is 28.5 Å². The fourth-order valence-electron chi connectivity index (χ4n) is 2.40. The number of fused-ring (bicyclic) bond motifs is 1. The first-order chi connectivity index (χ1) is 12.7. The maximum absolute atomic E-state index is 12.2. The van der Waals surface area contributed by atoms with Crippen LogP contribution in [0.5, 0.6) is 0 Å². The van der Waals surface area contributed by atoms with Gasteiger partial charge in [0.05, 0.1) is 10.5 Å². The Kier molecular flexibility index (Phi) is 5.31. The molecule has 0 unspecified atom stereocenters. The number of ether oxygens (including phenoxy) is 1. The van der Waals surface area contributed by atoms with E-state index in [4.69, 9.17) is 9.88 Å². The Hall–Kier alpha value is -2.69. The van der Waals surface area contributed by atoms with Crippen LogP contribution in [0, 0.1) is 0 Å². The Labute approximate surface area is 162 Å². The molecule has 0 spiro atoms. The van der Waals surface area contributed by atoms with Crippen LogP contribution in [0.3, 0.4) is 0 Å². The van der Waals surface area contributed by atoms with E-state index in [1.54, 1.807) is 6.07 Å². The summed E-state index contributed by atoms with van der Waals surface area (Å²) >= 11 is 3.34. The van der Waals surface area contributed by atoms with Crippen molar-refractivity contribution in [2.75, 3.05) is 11.9 Å². The first-order valence-corrected chi connectivity index (χ1v) is 9.94. The lowest BCUT2D eigenvalue weighted by Gasteiger charge is -2.07. The van der Waals surface area contributed by atoms with Crippen molar-refractivity contribution < 1.29 is 22.7 Å². The van der Waals surface area contributed by atoms with Crippen molar-refractivity contribution in [3.63, 3.8) is 0 Å². The van der Waals surface area contributed by atoms with E-state index in [0.29, 0.717) is 16.6 Å². The number of nitrogens with two attached hydrogens (primary N) is 1. The molecule has 3 aromatic rings. The molecule has 140 valence electrons. The second-order valence-electron chi connectivity index (χ2n) is 5.59. The molecule has 0 atom stereocenters. The summed E-state index contributed by atoms with van der Waals surface area (Å²) < 4.78 is 28.2. The third-order valence-corrected chi connectivity index (χ3v) is 5.09. The van der Waals surface area contributed by atoms with E-state index >= 15 is 0 Å². The number of esters is 1. The van der Waals surface area contributed by atoms with E-state index in [-0.39, 0.29) is 4.90 Å². The van der Waals surface area contributed by atoms with Crippen LogP contribution in [0.25, 0.3) is 10.9 Å². The number of benzene rings is 2. The molecule has 0 saturated heterocycles. The molecule has 0 aliphatic rings. The van der Waals surface area contributed by atoms with Crippen LogP contribution in [0.1, 0.15) is 10.4 Å². The highest BCUT2D eigenvalue weighted by atomic mass is 79.9. The summed E-state index contributed by atoms with van der Waals surface area (Å²) in [7, 11) is -3.80. The Morgan fingerprint density at radius 1 is 1.15 bits per heavy atom.